The largest absolute Gasteiger partial charge is 0.396 e. The van der Waals surface area contributed by atoms with Gasteiger partial charge in [0.05, 0.1) is 6.26 Å². The molecular formula is C7H13NO3S. The Balaban J connectivity index is 2.66. The van der Waals surface area contributed by atoms with Crippen LogP contribution in [-0.2, 0) is 10.0 Å². The minimum atomic E-state index is -3.09. The lowest BCUT2D eigenvalue weighted by molar-refractivity contribution is 0.234. The molecule has 0 fully saturated rings. The first-order valence-corrected chi connectivity index (χ1v) is 5.65. The van der Waals surface area contributed by atoms with Crippen LogP contribution in [-0.4, -0.2) is 37.2 Å². The molecule has 4 nitrogen and oxygen atoms in total. The first-order chi connectivity index (χ1) is 5.54. The molecule has 0 spiro atoms. The van der Waals surface area contributed by atoms with E-state index in [9.17, 15) is 8.42 Å². The van der Waals surface area contributed by atoms with Crippen LogP contribution in [0.2, 0.25) is 0 Å². The summed E-state index contributed by atoms with van der Waals surface area (Å²) < 4.78 is 23.3. The maximum absolute atomic E-state index is 11.0. The molecule has 1 N–H and O–H groups in total. The Morgan fingerprint density at radius 3 is 2.67 bits per heavy atom. The van der Waals surface area contributed by atoms with Crippen LogP contribution >= 0.6 is 0 Å². The number of rotatable bonds is 2. The minimum Gasteiger partial charge on any atom is -0.396 e. The molecule has 0 amide bonds. The third-order valence-electron chi connectivity index (χ3n) is 1.91. The third kappa shape index (κ3) is 2.22. The summed E-state index contributed by atoms with van der Waals surface area (Å²) in [6, 6.07) is 0. The molecule has 0 aromatic rings. The van der Waals surface area contributed by atoms with E-state index in [0.717, 1.165) is 0 Å². The summed E-state index contributed by atoms with van der Waals surface area (Å²) in [7, 11) is -3.09. The summed E-state index contributed by atoms with van der Waals surface area (Å²) in [5.74, 6) is 0.114. The van der Waals surface area contributed by atoms with Crippen LogP contribution in [0.15, 0.2) is 12.3 Å². The van der Waals surface area contributed by atoms with Crippen molar-refractivity contribution in [1.29, 1.82) is 0 Å². The van der Waals surface area contributed by atoms with Gasteiger partial charge in [0.25, 0.3) is 0 Å². The van der Waals surface area contributed by atoms with Crippen molar-refractivity contribution in [2.24, 2.45) is 5.92 Å². The highest BCUT2D eigenvalue weighted by Gasteiger charge is 2.18. The van der Waals surface area contributed by atoms with Crippen LogP contribution in [0.5, 0.6) is 0 Å². The zero-order valence-electron chi connectivity index (χ0n) is 6.97. The lowest BCUT2D eigenvalue weighted by Gasteiger charge is -2.24. The van der Waals surface area contributed by atoms with E-state index in [4.69, 9.17) is 5.11 Å². The van der Waals surface area contributed by atoms with E-state index >= 15 is 0 Å². The van der Waals surface area contributed by atoms with Gasteiger partial charge in [0.15, 0.2) is 0 Å². The molecule has 12 heavy (non-hydrogen) atoms. The molecule has 1 rings (SSSR count). The Morgan fingerprint density at radius 2 is 2.33 bits per heavy atom. The van der Waals surface area contributed by atoms with Gasteiger partial charge in [-0.2, -0.15) is 0 Å². The van der Waals surface area contributed by atoms with Crippen molar-refractivity contribution >= 4 is 10.0 Å². The first kappa shape index (κ1) is 9.54. The van der Waals surface area contributed by atoms with E-state index in [0.29, 0.717) is 13.0 Å². The van der Waals surface area contributed by atoms with Gasteiger partial charge < -0.3 is 5.11 Å². The molecule has 1 aliphatic heterocycles. The van der Waals surface area contributed by atoms with Crippen molar-refractivity contribution in [3.8, 4) is 0 Å². The summed E-state index contributed by atoms with van der Waals surface area (Å²) in [6.45, 7) is 0.564. The number of sulfonamides is 1. The maximum atomic E-state index is 11.0. The smallest absolute Gasteiger partial charge is 0.231 e. The molecule has 1 heterocycles. The average molecular weight is 191 g/mol. The maximum Gasteiger partial charge on any atom is 0.231 e. The summed E-state index contributed by atoms with van der Waals surface area (Å²) >= 11 is 0. The van der Waals surface area contributed by atoms with Crippen molar-refractivity contribution in [3.05, 3.63) is 12.3 Å². The quantitative estimate of drug-likeness (QED) is 0.656. The van der Waals surface area contributed by atoms with Crippen LogP contribution in [0.4, 0.5) is 0 Å². The number of aliphatic hydroxyl groups excluding tert-OH is 1. The van der Waals surface area contributed by atoms with E-state index in [1.807, 2.05) is 0 Å². The van der Waals surface area contributed by atoms with E-state index in [1.165, 1.54) is 16.8 Å². The highest BCUT2D eigenvalue weighted by Crippen LogP contribution is 2.14. The zero-order chi connectivity index (χ0) is 9.19. The first-order valence-electron chi connectivity index (χ1n) is 3.80. The minimum absolute atomic E-state index is 0.0914. The molecule has 1 aliphatic rings. The Morgan fingerprint density at radius 1 is 1.67 bits per heavy atom. The zero-order valence-corrected chi connectivity index (χ0v) is 7.79. The number of hydrogen-bond acceptors (Lipinski definition) is 3. The van der Waals surface area contributed by atoms with Crippen LogP contribution < -0.4 is 0 Å². The fraction of sp³-hybridized carbons (Fsp3) is 0.714. The molecule has 0 aromatic carbocycles. The predicted octanol–water partition coefficient (Wildman–Crippen LogP) is -0.226. The Labute approximate surface area is 72.5 Å². The Bertz CT molecular complexity index is 270. The highest BCUT2D eigenvalue weighted by molar-refractivity contribution is 7.88. The van der Waals surface area contributed by atoms with Crippen molar-refractivity contribution in [3.63, 3.8) is 0 Å². The van der Waals surface area contributed by atoms with Gasteiger partial charge in [-0.3, -0.25) is 4.31 Å². The van der Waals surface area contributed by atoms with Gasteiger partial charge in [0, 0.05) is 25.3 Å². The summed E-state index contributed by atoms with van der Waals surface area (Å²) in [5.41, 5.74) is 0. The summed E-state index contributed by atoms with van der Waals surface area (Å²) in [5, 5.41) is 8.76. The summed E-state index contributed by atoms with van der Waals surface area (Å²) in [4.78, 5) is 0. The molecule has 1 atom stereocenters. The van der Waals surface area contributed by atoms with Crippen LogP contribution in [0.25, 0.3) is 0 Å². The topological polar surface area (TPSA) is 57.6 Å². The van der Waals surface area contributed by atoms with Crippen molar-refractivity contribution < 1.29 is 13.5 Å². The second kappa shape index (κ2) is 3.45. The van der Waals surface area contributed by atoms with Gasteiger partial charge in [-0.15, -0.1) is 0 Å². The SMILES string of the molecule is CS(=O)(=O)N1C=CC(CO)CC1. The van der Waals surface area contributed by atoms with E-state index in [2.05, 4.69) is 0 Å². The van der Waals surface area contributed by atoms with Crippen molar-refractivity contribution in [2.75, 3.05) is 19.4 Å². The van der Waals surface area contributed by atoms with Gasteiger partial charge in [-0.1, -0.05) is 6.08 Å². The standard InChI is InChI=1S/C7H13NO3S/c1-12(10,11)8-4-2-7(6-9)3-5-8/h2,4,7,9H,3,5-6H2,1H3. The van der Waals surface area contributed by atoms with E-state index < -0.39 is 10.0 Å². The van der Waals surface area contributed by atoms with Gasteiger partial charge in [0.2, 0.25) is 10.0 Å². The monoisotopic (exact) mass is 191 g/mol. The molecule has 0 aliphatic carbocycles. The van der Waals surface area contributed by atoms with Crippen LogP contribution in [0.1, 0.15) is 6.42 Å². The normalized spacial score (nSPS) is 24.5. The second-order valence-corrected chi connectivity index (χ2v) is 4.88. The van der Waals surface area contributed by atoms with Gasteiger partial charge >= 0.3 is 0 Å². The van der Waals surface area contributed by atoms with Gasteiger partial charge in [0.1, 0.15) is 0 Å². The van der Waals surface area contributed by atoms with Gasteiger partial charge in [-0.25, -0.2) is 8.42 Å². The average Bonchev–Trinajstić information content (AvgIpc) is 2.03. The molecular weight excluding hydrogens is 178 g/mol. The fourth-order valence-corrected chi connectivity index (χ4v) is 1.84. The molecule has 0 bridgehead atoms. The van der Waals surface area contributed by atoms with Crippen LogP contribution in [0.3, 0.4) is 0 Å². The van der Waals surface area contributed by atoms with Crippen LogP contribution in [0, 0.1) is 5.92 Å². The molecule has 70 valence electrons. The molecule has 0 aromatic heterocycles. The fourth-order valence-electron chi connectivity index (χ4n) is 1.11. The Hall–Kier alpha value is -0.550. The molecule has 1 unspecified atom stereocenters. The van der Waals surface area contributed by atoms with Crippen molar-refractivity contribution in [1.82, 2.24) is 4.31 Å². The molecule has 5 heteroatoms. The molecule has 0 radical (unpaired) electrons. The van der Waals surface area contributed by atoms with Gasteiger partial charge in [-0.05, 0) is 6.42 Å². The lowest BCUT2D eigenvalue weighted by atomic mass is 10.1. The molecule has 0 saturated carbocycles. The number of hydrogen-bond donors (Lipinski definition) is 1. The number of nitrogens with zero attached hydrogens (tertiary/aromatic N) is 1. The van der Waals surface area contributed by atoms with E-state index in [1.54, 1.807) is 6.08 Å². The lowest BCUT2D eigenvalue weighted by Crippen LogP contribution is -2.30. The number of aliphatic hydroxyl groups is 1. The van der Waals surface area contributed by atoms with Crippen molar-refractivity contribution in [2.45, 2.75) is 6.42 Å². The van der Waals surface area contributed by atoms with E-state index in [-0.39, 0.29) is 12.5 Å². The second-order valence-electron chi connectivity index (χ2n) is 2.95. The highest BCUT2D eigenvalue weighted by atomic mass is 32.2. The molecule has 0 saturated heterocycles. The predicted molar refractivity (Wildman–Crippen MR) is 45.9 cm³/mol. The summed E-state index contributed by atoms with van der Waals surface area (Å²) in [6.07, 6.45) is 5.13. The Kier molecular flexibility index (Phi) is 2.74. The third-order valence-corrected chi connectivity index (χ3v) is 3.06.